The summed E-state index contributed by atoms with van der Waals surface area (Å²) < 4.78 is 5.10. The minimum absolute atomic E-state index is 0.192. The van der Waals surface area contributed by atoms with Gasteiger partial charge in [-0.25, -0.2) is 0 Å². The fraction of sp³-hybridized carbons (Fsp3) is 0.714. The van der Waals surface area contributed by atoms with Gasteiger partial charge in [0.15, 0.2) is 0 Å². The number of hydrogen-bond acceptors (Lipinski definition) is 4. The van der Waals surface area contributed by atoms with Crippen molar-refractivity contribution in [1.29, 1.82) is 0 Å². The molecule has 0 aliphatic carbocycles. The van der Waals surface area contributed by atoms with E-state index in [4.69, 9.17) is 4.52 Å². The third kappa shape index (κ3) is 3.35. The van der Waals surface area contributed by atoms with Gasteiger partial charge in [-0.1, -0.05) is 5.16 Å². The fourth-order valence-electron chi connectivity index (χ4n) is 2.69. The molecule has 0 bridgehead atoms. The van der Waals surface area contributed by atoms with Crippen molar-refractivity contribution in [2.75, 3.05) is 26.7 Å². The summed E-state index contributed by atoms with van der Waals surface area (Å²) >= 11 is 0. The van der Waals surface area contributed by atoms with Crippen molar-refractivity contribution in [2.24, 2.45) is 5.92 Å². The van der Waals surface area contributed by atoms with Crippen LogP contribution in [0.2, 0.25) is 0 Å². The van der Waals surface area contributed by atoms with Gasteiger partial charge in [0.1, 0.15) is 5.76 Å². The zero-order valence-electron chi connectivity index (χ0n) is 12.0. The Kier molecular flexibility index (Phi) is 4.58. The van der Waals surface area contributed by atoms with Gasteiger partial charge in [0.25, 0.3) is 0 Å². The number of aryl methyl sites for hydroxylation is 2. The highest BCUT2D eigenvalue weighted by Crippen LogP contribution is 2.19. The highest BCUT2D eigenvalue weighted by atomic mass is 16.5. The zero-order valence-corrected chi connectivity index (χ0v) is 12.0. The van der Waals surface area contributed by atoms with Crippen molar-refractivity contribution in [3.8, 4) is 0 Å². The molecule has 1 aromatic heterocycles. The Balaban J connectivity index is 1.88. The smallest absolute Gasteiger partial charge is 0.227 e. The minimum Gasteiger partial charge on any atom is -0.361 e. The van der Waals surface area contributed by atoms with Gasteiger partial charge >= 0.3 is 0 Å². The number of amides is 1. The molecule has 1 aromatic rings. The summed E-state index contributed by atoms with van der Waals surface area (Å²) in [5.41, 5.74) is 1.78. The van der Waals surface area contributed by atoms with Gasteiger partial charge in [-0.3, -0.25) is 4.79 Å². The third-order valence-corrected chi connectivity index (χ3v) is 3.97. The average molecular weight is 265 g/mol. The Morgan fingerprint density at radius 1 is 1.42 bits per heavy atom. The molecule has 19 heavy (non-hydrogen) atoms. The van der Waals surface area contributed by atoms with Crippen LogP contribution in [0, 0.1) is 19.8 Å². The second-order valence-corrected chi connectivity index (χ2v) is 5.36. The summed E-state index contributed by atoms with van der Waals surface area (Å²) in [6.07, 6.45) is 2.60. The molecule has 1 N–H and O–H groups in total. The molecular weight excluding hydrogens is 242 g/mol. The van der Waals surface area contributed by atoms with E-state index >= 15 is 0 Å². The SMILES string of the molecule is CNCC1CCN(C(=O)Cc2c(C)noc2C)CC1. The molecule has 0 atom stereocenters. The van der Waals surface area contributed by atoms with Crippen LogP contribution in [-0.4, -0.2) is 42.6 Å². The van der Waals surface area contributed by atoms with E-state index in [1.807, 2.05) is 25.8 Å². The molecule has 0 unspecified atom stereocenters. The number of aromatic nitrogens is 1. The standard InChI is InChI=1S/C14H23N3O2/c1-10-13(11(2)19-16-10)8-14(18)17-6-4-12(5-7-17)9-15-3/h12,15H,4-9H2,1-3H3. The summed E-state index contributed by atoms with van der Waals surface area (Å²) in [4.78, 5) is 14.2. The monoisotopic (exact) mass is 265 g/mol. The first-order chi connectivity index (χ1) is 9.11. The van der Waals surface area contributed by atoms with Crippen LogP contribution in [-0.2, 0) is 11.2 Å². The Morgan fingerprint density at radius 2 is 2.11 bits per heavy atom. The molecule has 1 amide bonds. The average Bonchev–Trinajstić information content (AvgIpc) is 2.72. The number of nitrogens with zero attached hydrogens (tertiary/aromatic N) is 2. The second-order valence-electron chi connectivity index (χ2n) is 5.36. The first-order valence-electron chi connectivity index (χ1n) is 6.96. The predicted octanol–water partition coefficient (Wildman–Crippen LogP) is 1.29. The van der Waals surface area contributed by atoms with Crippen LogP contribution in [0.5, 0.6) is 0 Å². The molecule has 0 spiro atoms. The summed E-state index contributed by atoms with van der Waals surface area (Å²) in [5, 5.41) is 7.11. The van der Waals surface area contributed by atoms with Crippen molar-refractivity contribution in [3.05, 3.63) is 17.0 Å². The van der Waals surface area contributed by atoms with Gasteiger partial charge in [-0.15, -0.1) is 0 Å². The maximum Gasteiger partial charge on any atom is 0.227 e. The number of nitrogens with one attached hydrogen (secondary N) is 1. The van der Waals surface area contributed by atoms with E-state index in [1.54, 1.807) is 0 Å². The summed E-state index contributed by atoms with van der Waals surface area (Å²) in [5.74, 6) is 1.65. The molecule has 5 heteroatoms. The number of rotatable bonds is 4. The lowest BCUT2D eigenvalue weighted by atomic mass is 9.96. The van der Waals surface area contributed by atoms with Crippen molar-refractivity contribution >= 4 is 5.91 Å². The molecule has 0 saturated carbocycles. The molecule has 1 aliphatic heterocycles. The normalized spacial score (nSPS) is 16.9. The fourth-order valence-corrected chi connectivity index (χ4v) is 2.69. The van der Waals surface area contributed by atoms with E-state index in [0.717, 1.165) is 49.5 Å². The highest BCUT2D eigenvalue weighted by molar-refractivity contribution is 5.79. The van der Waals surface area contributed by atoms with Crippen molar-refractivity contribution in [1.82, 2.24) is 15.4 Å². The second kappa shape index (κ2) is 6.19. The van der Waals surface area contributed by atoms with Crippen molar-refractivity contribution in [2.45, 2.75) is 33.1 Å². The molecule has 0 aromatic carbocycles. The summed E-state index contributed by atoms with van der Waals surface area (Å²) in [7, 11) is 1.98. The van der Waals surface area contributed by atoms with E-state index in [2.05, 4.69) is 10.5 Å². The van der Waals surface area contributed by atoms with Gasteiger partial charge in [0, 0.05) is 18.7 Å². The molecule has 1 saturated heterocycles. The lowest BCUT2D eigenvalue weighted by Crippen LogP contribution is -2.41. The van der Waals surface area contributed by atoms with Crippen LogP contribution in [0.4, 0.5) is 0 Å². The van der Waals surface area contributed by atoms with E-state index in [9.17, 15) is 4.79 Å². The summed E-state index contributed by atoms with van der Waals surface area (Å²) in [6.45, 7) is 6.54. The van der Waals surface area contributed by atoms with Gasteiger partial charge < -0.3 is 14.7 Å². The van der Waals surface area contributed by atoms with E-state index in [0.29, 0.717) is 12.3 Å². The van der Waals surface area contributed by atoms with Crippen LogP contribution in [0.15, 0.2) is 4.52 Å². The van der Waals surface area contributed by atoms with Gasteiger partial charge in [-0.05, 0) is 46.2 Å². The largest absolute Gasteiger partial charge is 0.361 e. The number of carbonyl (C=O) groups is 1. The molecule has 1 aliphatic rings. The van der Waals surface area contributed by atoms with Crippen LogP contribution in [0.1, 0.15) is 29.9 Å². The van der Waals surface area contributed by atoms with Crippen molar-refractivity contribution < 1.29 is 9.32 Å². The first kappa shape index (κ1) is 14.1. The lowest BCUT2D eigenvalue weighted by molar-refractivity contribution is -0.131. The van der Waals surface area contributed by atoms with Crippen molar-refractivity contribution in [3.63, 3.8) is 0 Å². The third-order valence-electron chi connectivity index (χ3n) is 3.97. The van der Waals surface area contributed by atoms with Crippen LogP contribution in [0.25, 0.3) is 0 Å². The molecule has 5 nitrogen and oxygen atoms in total. The van der Waals surface area contributed by atoms with E-state index in [-0.39, 0.29) is 5.91 Å². The molecule has 0 radical (unpaired) electrons. The van der Waals surface area contributed by atoms with E-state index in [1.165, 1.54) is 0 Å². The molecule has 2 heterocycles. The lowest BCUT2D eigenvalue weighted by Gasteiger charge is -2.32. The number of piperidine rings is 1. The molecule has 1 fully saturated rings. The number of hydrogen-bond donors (Lipinski definition) is 1. The molecule has 2 rings (SSSR count). The van der Waals surface area contributed by atoms with Gasteiger partial charge in [-0.2, -0.15) is 0 Å². The molecule has 106 valence electrons. The van der Waals surface area contributed by atoms with Crippen LogP contribution >= 0.6 is 0 Å². The summed E-state index contributed by atoms with van der Waals surface area (Å²) in [6, 6.07) is 0. The maximum absolute atomic E-state index is 12.3. The quantitative estimate of drug-likeness (QED) is 0.891. The number of carbonyl (C=O) groups excluding carboxylic acids is 1. The maximum atomic E-state index is 12.3. The Hall–Kier alpha value is -1.36. The van der Waals surface area contributed by atoms with Gasteiger partial charge in [0.2, 0.25) is 5.91 Å². The van der Waals surface area contributed by atoms with Crippen LogP contribution in [0.3, 0.4) is 0 Å². The predicted molar refractivity (Wildman–Crippen MR) is 72.9 cm³/mol. The highest BCUT2D eigenvalue weighted by Gasteiger charge is 2.24. The number of likely N-dealkylation sites (tertiary alicyclic amines) is 1. The molecular formula is C14H23N3O2. The Labute approximate surface area is 114 Å². The first-order valence-corrected chi connectivity index (χ1v) is 6.96. The Bertz CT molecular complexity index is 414. The topological polar surface area (TPSA) is 58.4 Å². The van der Waals surface area contributed by atoms with Gasteiger partial charge in [0.05, 0.1) is 12.1 Å². The minimum atomic E-state index is 0.192. The van der Waals surface area contributed by atoms with Crippen LogP contribution < -0.4 is 5.32 Å². The Morgan fingerprint density at radius 3 is 2.63 bits per heavy atom. The van der Waals surface area contributed by atoms with E-state index < -0.39 is 0 Å². The zero-order chi connectivity index (χ0) is 13.8.